The second-order valence-corrected chi connectivity index (χ2v) is 4.83. The van der Waals surface area contributed by atoms with Crippen molar-refractivity contribution in [2.45, 2.75) is 18.2 Å². The summed E-state index contributed by atoms with van der Waals surface area (Å²) < 4.78 is 30.6. The molecule has 8 nitrogen and oxygen atoms in total. The Labute approximate surface area is 96.7 Å². The number of H-pyrrole nitrogens is 1. The summed E-state index contributed by atoms with van der Waals surface area (Å²) in [6.07, 6.45) is 1.28. The van der Waals surface area contributed by atoms with Gasteiger partial charge in [0, 0.05) is 0 Å². The molecule has 3 N–H and O–H groups in total. The van der Waals surface area contributed by atoms with Crippen LogP contribution in [0.25, 0.3) is 0 Å². The van der Waals surface area contributed by atoms with E-state index in [9.17, 15) is 8.42 Å². The number of rotatable bonds is 5. The Morgan fingerprint density at radius 1 is 1.47 bits per heavy atom. The first-order chi connectivity index (χ1) is 8.12. The maximum absolute atomic E-state index is 11.7. The predicted octanol–water partition coefficient (Wildman–Crippen LogP) is -0.632. The number of sulfonamides is 1. The molecular weight excluding hydrogens is 248 g/mol. The van der Waals surface area contributed by atoms with Crippen molar-refractivity contribution in [1.82, 2.24) is 19.9 Å². The first-order valence-electron chi connectivity index (χ1n) is 4.65. The number of aliphatic hydroxyl groups is 1. The van der Waals surface area contributed by atoms with Crippen molar-refractivity contribution in [3.8, 4) is 0 Å². The monoisotopic (exact) mass is 258 g/mol. The molecule has 92 valence electrons. The van der Waals surface area contributed by atoms with Crippen molar-refractivity contribution >= 4 is 10.0 Å². The normalized spacial score (nSPS) is 11.8. The molecule has 2 aromatic heterocycles. The number of nitrogens with zero attached hydrogens (tertiary/aromatic N) is 2. The van der Waals surface area contributed by atoms with Gasteiger partial charge in [-0.15, -0.1) is 0 Å². The van der Waals surface area contributed by atoms with Crippen LogP contribution in [-0.2, 0) is 23.2 Å². The van der Waals surface area contributed by atoms with Gasteiger partial charge in [0.05, 0.1) is 6.54 Å². The van der Waals surface area contributed by atoms with E-state index in [1.54, 1.807) is 0 Å². The van der Waals surface area contributed by atoms with Gasteiger partial charge in [0.1, 0.15) is 24.5 Å². The molecule has 0 amide bonds. The van der Waals surface area contributed by atoms with Gasteiger partial charge in [0.2, 0.25) is 5.09 Å². The maximum atomic E-state index is 11.7. The highest BCUT2D eigenvalue weighted by Gasteiger charge is 2.18. The molecule has 0 bridgehead atoms. The van der Waals surface area contributed by atoms with Gasteiger partial charge in [-0.25, -0.2) is 18.1 Å². The van der Waals surface area contributed by atoms with E-state index in [4.69, 9.17) is 9.52 Å². The highest BCUT2D eigenvalue weighted by molar-refractivity contribution is 7.89. The molecule has 0 fully saturated rings. The molecule has 2 rings (SSSR count). The molecule has 0 spiro atoms. The molecule has 0 aliphatic rings. The van der Waals surface area contributed by atoms with Gasteiger partial charge in [0.25, 0.3) is 10.0 Å². The summed E-state index contributed by atoms with van der Waals surface area (Å²) in [6, 6.07) is 2.66. The average molecular weight is 258 g/mol. The third-order valence-electron chi connectivity index (χ3n) is 1.95. The molecule has 9 heteroatoms. The Kier molecular flexibility index (Phi) is 3.22. The zero-order valence-electron chi connectivity index (χ0n) is 8.62. The fourth-order valence-corrected chi connectivity index (χ4v) is 2.07. The Morgan fingerprint density at radius 3 is 2.88 bits per heavy atom. The van der Waals surface area contributed by atoms with Crippen molar-refractivity contribution in [1.29, 1.82) is 0 Å². The van der Waals surface area contributed by atoms with Crippen LogP contribution in [0, 0.1) is 0 Å². The van der Waals surface area contributed by atoms with Crippen LogP contribution >= 0.6 is 0 Å². The molecule has 0 atom stereocenters. The molecule has 0 aromatic carbocycles. The molecule has 0 saturated carbocycles. The number of hydrogen-bond acceptors (Lipinski definition) is 6. The van der Waals surface area contributed by atoms with Crippen molar-refractivity contribution in [2.75, 3.05) is 0 Å². The van der Waals surface area contributed by atoms with E-state index in [-0.39, 0.29) is 24.0 Å². The number of aromatic amines is 1. The van der Waals surface area contributed by atoms with Crippen LogP contribution in [0.15, 0.2) is 28.0 Å². The van der Waals surface area contributed by atoms with E-state index in [0.717, 1.165) is 0 Å². The predicted molar refractivity (Wildman–Crippen MR) is 55.0 cm³/mol. The van der Waals surface area contributed by atoms with E-state index in [0.29, 0.717) is 5.82 Å². The minimum atomic E-state index is -3.74. The quantitative estimate of drug-likeness (QED) is 0.656. The number of furan rings is 1. The first kappa shape index (κ1) is 11.8. The smallest absolute Gasteiger partial charge is 0.274 e. The van der Waals surface area contributed by atoms with Crippen LogP contribution in [0.5, 0.6) is 0 Å². The van der Waals surface area contributed by atoms with E-state index >= 15 is 0 Å². The topological polar surface area (TPSA) is 121 Å². The summed E-state index contributed by atoms with van der Waals surface area (Å²) in [5.41, 5.74) is 0. The lowest BCUT2D eigenvalue weighted by Gasteiger charge is -2.01. The molecule has 2 heterocycles. The van der Waals surface area contributed by atoms with E-state index in [1.165, 1.54) is 18.5 Å². The SMILES string of the molecule is O=S(=O)(NCc1ncn[nH]1)c1ccc(CO)o1. The standard InChI is InChI=1S/C8H10N4O4S/c13-4-6-1-2-8(16-6)17(14,15)11-3-7-9-5-10-12-7/h1-2,5,11,13H,3-4H2,(H,9,10,12). The summed E-state index contributed by atoms with van der Waals surface area (Å²) in [4.78, 5) is 3.77. The fourth-order valence-electron chi connectivity index (χ4n) is 1.14. The molecule has 17 heavy (non-hydrogen) atoms. The van der Waals surface area contributed by atoms with Crippen molar-refractivity contribution < 1.29 is 17.9 Å². The number of nitrogens with one attached hydrogen (secondary N) is 2. The summed E-state index contributed by atoms with van der Waals surface area (Å²) in [6.45, 7) is -0.366. The van der Waals surface area contributed by atoms with Gasteiger partial charge in [0.15, 0.2) is 0 Å². The minimum Gasteiger partial charge on any atom is -0.446 e. The third-order valence-corrected chi connectivity index (χ3v) is 3.23. The Hall–Kier alpha value is -1.71. The second-order valence-electron chi connectivity index (χ2n) is 3.14. The molecule has 0 aliphatic heterocycles. The van der Waals surface area contributed by atoms with Crippen LogP contribution in [0.2, 0.25) is 0 Å². The van der Waals surface area contributed by atoms with Crippen LogP contribution in [0.4, 0.5) is 0 Å². The van der Waals surface area contributed by atoms with Crippen LogP contribution in [-0.4, -0.2) is 28.7 Å². The van der Waals surface area contributed by atoms with Crippen LogP contribution < -0.4 is 4.72 Å². The van der Waals surface area contributed by atoms with Crippen molar-refractivity contribution in [3.63, 3.8) is 0 Å². The van der Waals surface area contributed by atoms with Gasteiger partial charge in [-0.05, 0) is 12.1 Å². The average Bonchev–Trinajstić information content (AvgIpc) is 2.98. The lowest BCUT2D eigenvalue weighted by Crippen LogP contribution is -2.23. The van der Waals surface area contributed by atoms with E-state index < -0.39 is 10.0 Å². The van der Waals surface area contributed by atoms with Gasteiger partial charge in [-0.3, -0.25) is 5.10 Å². The zero-order valence-corrected chi connectivity index (χ0v) is 9.44. The van der Waals surface area contributed by atoms with Gasteiger partial charge in [-0.1, -0.05) is 0 Å². The second kappa shape index (κ2) is 4.65. The molecule has 0 radical (unpaired) electrons. The Morgan fingerprint density at radius 2 is 2.29 bits per heavy atom. The molecule has 2 aromatic rings. The molecule has 0 saturated heterocycles. The number of hydrogen-bond donors (Lipinski definition) is 3. The van der Waals surface area contributed by atoms with Crippen molar-refractivity contribution in [3.05, 3.63) is 30.0 Å². The zero-order chi connectivity index (χ0) is 12.3. The van der Waals surface area contributed by atoms with Gasteiger partial charge < -0.3 is 9.52 Å². The molecule has 0 unspecified atom stereocenters. The van der Waals surface area contributed by atoms with E-state index in [1.807, 2.05) is 0 Å². The highest BCUT2D eigenvalue weighted by atomic mass is 32.2. The summed E-state index contributed by atoms with van der Waals surface area (Å²) in [7, 11) is -3.74. The molecule has 0 aliphatic carbocycles. The lowest BCUT2D eigenvalue weighted by molar-refractivity contribution is 0.236. The Bertz CT molecular complexity index is 574. The summed E-state index contributed by atoms with van der Waals surface area (Å²) >= 11 is 0. The van der Waals surface area contributed by atoms with Crippen molar-refractivity contribution in [2.24, 2.45) is 0 Å². The van der Waals surface area contributed by atoms with Gasteiger partial charge in [-0.2, -0.15) is 5.10 Å². The highest BCUT2D eigenvalue weighted by Crippen LogP contribution is 2.13. The number of aliphatic hydroxyl groups excluding tert-OH is 1. The molecular formula is C8H10N4O4S. The first-order valence-corrected chi connectivity index (χ1v) is 6.13. The van der Waals surface area contributed by atoms with E-state index in [2.05, 4.69) is 19.9 Å². The maximum Gasteiger partial charge on any atom is 0.274 e. The minimum absolute atomic E-state index is 0.0164. The largest absolute Gasteiger partial charge is 0.446 e. The summed E-state index contributed by atoms with van der Waals surface area (Å²) in [5, 5.41) is 14.6. The summed E-state index contributed by atoms with van der Waals surface area (Å²) in [5.74, 6) is 0.576. The van der Waals surface area contributed by atoms with Crippen LogP contribution in [0.3, 0.4) is 0 Å². The van der Waals surface area contributed by atoms with Gasteiger partial charge >= 0.3 is 0 Å². The van der Waals surface area contributed by atoms with Crippen LogP contribution in [0.1, 0.15) is 11.6 Å². The lowest BCUT2D eigenvalue weighted by atomic mass is 10.5. The number of aromatic nitrogens is 3. The Balaban J connectivity index is 2.08. The third kappa shape index (κ3) is 2.70. The fraction of sp³-hybridized carbons (Fsp3) is 0.250.